The third-order valence-corrected chi connectivity index (χ3v) is 3.37. The topological polar surface area (TPSA) is 108 Å². The van der Waals surface area contributed by atoms with Crippen LogP contribution in [-0.2, 0) is 4.74 Å². The van der Waals surface area contributed by atoms with Gasteiger partial charge in [0, 0.05) is 13.1 Å². The van der Waals surface area contributed by atoms with Crippen LogP contribution in [0.3, 0.4) is 0 Å². The smallest absolute Gasteiger partial charge is 0.360 e. The van der Waals surface area contributed by atoms with E-state index in [4.69, 9.17) is 9.47 Å². The van der Waals surface area contributed by atoms with Gasteiger partial charge >= 0.3 is 12.0 Å². The minimum Gasteiger partial charge on any atom is -0.467 e. The normalized spacial score (nSPS) is 10.5. The molecule has 2 aromatic heterocycles. The van der Waals surface area contributed by atoms with Crippen LogP contribution >= 0.6 is 0 Å². The molecular weight excluding hydrogens is 314 g/mol. The first-order valence-corrected chi connectivity index (χ1v) is 7.70. The Labute approximate surface area is 139 Å². The van der Waals surface area contributed by atoms with Crippen molar-refractivity contribution in [2.24, 2.45) is 0 Å². The Kier molecular flexibility index (Phi) is 5.61. The Bertz CT molecular complexity index is 712. The molecule has 2 heterocycles. The summed E-state index contributed by atoms with van der Waals surface area (Å²) < 4.78 is 11.5. The third kappa shape index (κ3) is 3.42. The minimum absolute atomic E-state index is 0.126. The fourth-order valence-electron chi connectivity index (χ4n) is 2.08. The molecule has 0 spiro atoms. The van der Waals surface area contributed by atoms with Crippen molar-refractivity contribution in [2.45, 2.75) is 27.7 Å². The van der Waals surface area contributed by atoms with Gasteiger partial charge in [-0.15, -0.1) is 5.10 Å². The van der Waals surface area contributed by atoms with E-state index in [1.54, 1.807) is 13.8 Å². The molecule has 0 aliphatic carbocycles. The fraction of sp³-hybridized carbons (Fsp3) is 0.571. The summed E-state index contributed by atoms with van der Waals surface area (Å²) in [6.45, 7) is 9.14. The predicted octanol–water partition coefficient (Wildman–Crippen LogP) is 0.792. The van der Waals surface area contributed by atoms with Crippen LogP contribution in [-0.4, -0.2) is 62.7 Å². The molecule has 10 nitrogen and oxygen atoms in total. The second-order valence-electron chi connectivity index (χ2n) is 4.75. The Morgan fingerprint density at radius 3 is 2.46 bits per heavy atom. The molecule has 0 amide bonds. The number of ether oxygens (including phenoxy) is 2. The summed E-state index contributed by atoms with van der Waals surface area (Å²) in [6.07, 6.45) is 0. The van der Waals surface area contributed by atoms with Crippen LogP contribution in [0.5, 0.6) is 6.01 Å². The van der Waals surface area contributed by atoms with Crippen LogP contribution in [0.15, 0.2) is 0 Å². The van der Waals surface area contributed by atoms with E-state index in [9.17, 15) is 4.79 Å². The minimum atomic E-state index is -0.536. The molecule has 0 radical (unpaired) electrons. The summed E-state index contributed by atoms with van der Waals surface area (Å²) >= 11 is 0. The summed E-state index contributed by atoms with van der Waals surface area (Å²) in [5.41, 5.74) is 0.604. The lowest BCUT2D eigenvalue weighted by Crippen LogP contribution is -2.25. The Morgan fingerprint density at radius 2 is 1.88 bits per heavy atom. The van der Waals surface area contributed by atoms with Crippen molar-refractivity contribution in [1.82, 2.24) is 29.9 Å². The molecule has 10 heteroatoms. The van der Waals surface area contributed by atoms with Crippen LogP contribution < -0.4 is 9.64 Å². The average Bonchev–Trinajstić information content (AvgIpc) is 2.97. The standard InChI is InChI=1S/C14H21N7O3/c1-6-20(7-2)12-15-13(17-14(16-12)23-5)21-9(4)10(18-19-21)11(22)24-8-3/h6-8H2,1-5H3. The van der Waals surface area contributed by atoms with Crippen molar-refractivity contribution in [2.75, 3.05) is 31.7 Å². The largest absolute Gasteiger partial charge is 0.467 e. The number of rotatable bonds is 7. The van der Waals surface area contributed by atoms with Crippen molar-refractivity contribution in [3.63, 3.8) is 0 Å². The van der Waals surface area contributed by atoms with E-state index in [0.717, 1.165) is 13.1 Å². The molecule has 0 saturated heterocycles. The SMILES string of the molecule is CCOC(=O)c1nnn(-c2nc(OC)nc(N(CC)CC)n2)c1C. The van der Waals surface area contributed by atoms with Crippen molar-refractivity contribution in [3.05, 3.63) is 11.4 Å². The number of carbonyl (C=O) groups is 1. The van der Waals surface area contributed by atoms with Crippen molar-refractivity contribution < 1.29 is 14.3 Å². The first-order valence-electron chi connectivity index (χ1n) is 7.70. The van der Waals surface area contributed by atoms with E-state index in [-0.39, 0.29) is 24.3 Å². The van der Waals surface area contributed by atoms with Gasteiger partial charge in [-0.25, -0.2) is 4.79 Å². The molecule has 0 bridgehead atoms. The second-order valence-corrected chi connectivity index (χ2v) is 4.75. The van der Waals surface area contributed by atoms with Gasteiger partial charge in [0.2, 0.25) is 5.95 Å². The van der Waals surface area contributed by atoms with E-state index in [1.165, 1.54) is 11.8 Å². The zero-order valence-electron chi connectivity index (χ0n) is 14.5. The van der Waals surface area contributed by atoms with Gasteiger partial charge in [0.05, 0.1) is 19.4 Å². The number of nitrogens with zero attached hydrogens (tertiary/aromatic N) is 7. The van der Waals surface area contributed by atoms with Crippen LogP contribution in [0.25, 0.3) is 5.95 Å². The first-order chi connectivity index (χ1) is 11.5. The van der Waals surface area contributed by atoms with Gasteiger partial charge in [0.15, 0.2) is 5.69 Å². The highest BCUT2D eigenvalue weighted by Gasteiger charge is 2.21. The first kappa shape index (κ1) is 17.6. The molecule has 0 saturated carbocycles. The molecule has 0 aliphatic heterocycles. The van der Waals surface area contributed by atoms with Gasteiger partial charge in [-0.1, -0.05) is 5.21 Å². The van der Waals surface area contributed by atoms with Gasteiger partial charge < -0.3 is 14.4 Å². The molecule has 2 rings (SSSR count). The Morgan fingerprint density at radius 1 is 1.17 bits per heavy atom. The maximum Gasteiger partial charge on any atom is 0.360 e. The molecule has 130 valence electrons. The Balaban J connectivity index is 2.48. The van der Waals surface area contributed by atoms with Crippen molar-refractivity contribution >= 4 is 11.9 Å². The fourth-order valence-corrected chi connectivity index (χ4v) is 2.08. The lowest BCUT2D eigenvalue weighted by atomic mass is 10.3. The molecule has 2 aromatic rings. The number of carbonyl (C=O) groups excluding carboxylic acids is 1. The number of aromatic nitrogens is 6. The average molecular weight is 335 g/mol. The van der Waals surface area contributed by atoms with Crippen LogP contribution in [0, 0.1) is 6.92 Å². The lowest BCUT2D eigenvalue weighted by molar-refractivity contribution is 0.0518. The predicted molar refractivity (Wildman–Crippen MR) is 85.6 cm³/mol. The van der Waals surface area contributed by atoms with E-state index in [1.807, 2.05) is 18.7 Å². The van der Waals surface area contributed by atoms with Gasteiger partial charge in [0.25, 0.3) is 5.95 Å². The zero-order chi connectivity index (χ0) is 17.7. The number of hydrogen-bond donors (Lipinski definition) is 0. The molecule has 0 atom stereocenters. The summed E-state index contributed by atoms with van der Waals surface area (Å²) in [5, 5.41) is 7.82. The van der Waals surface area contributed by atoms with Gasteiger partial charge in [0.1, 0.15) is 0 Å². The molecule has 0 fully saturated rings. The number of anilines is 1. The summed E-state index contributed by atoms with van der Waals surface area (Å²) in [6, 6.07) is 0.162. The monoisotopic (exact) mass is 335 g/mol. The highest BCUT2D eigenvalue weighted by molar-refractivity contribution is 5.88. The van der Waals surface area contributed by atoms with Crippen LogP contribution in [0.1, 0.15) is 37.0 Å². The number of esters is 1. The zero-order valence-corrected chi connectivity index (χ0v) is 14.5. The van der Waals surface area contributed by atoms with E-state index >= 15 is 0 Å². The highest BCUT2D eigenvalue weighted by Crippen LogP contribution is 2.16. The summed E-state index contributed by atoms with van der Waals surface area (Å²) in [4.78, 5) is 26.7. The molecule has 0 unspecified atom stereocenters. The lowest BCUT2D eigenvalue weighted by Gasteiger charge is -2.19. The summed E-state index contributed by atoms with van der Waals surface area (Å²) in [7, 11) is 1.48. The van der Waals surface area contributed by atoms with Gasteiger partial charge in [-0.2, -0.15) is 19.6 Å². The second kappa shape index (κ2) is 7.66. The van der Waals surface area contributed by atoms with Gasteiger partial charge in [-0.05, 0) is 27.7 Å². The molecule has 0 aliphatic rings. The molecule has 24 heavy (non-hydrogen) atoms. The van der Waals surface area contributed by atoms with Gasteiger partial charge in [-0.3, -0.25) is 0 Å². The number of methoxy groups -OCH3 is 1. The van der Waals surface area contributed by atoms with Crippen LogP contribution in [0.2, 0.25) is 0 Å². The van der Waals surface area contributed by atoms with E-state index < -0.39 is 5.97 Å². The summed E-state index contributed by atoms with van der Waals surface area (Å²) in [5.74, 6) is 0.157. The van der Waals surface area contributed by atoms with Crippen molar-refractivity contribution in [3.8, 4) is 12.0 Å². The molecule has 0 N–H and O–H groups in total. The van der Waals surface area contributed by atoms with E-state index in [0.29, 0.717) is 11.6 Å². The van der Waals surface area contributed by atoms with Crippen molar-refractivity contribution in [1.29, 1.82) is 0 Å². The number of hydrogen-bond acceptors (Lipinski definition) is 9. The third-order valence-electron chi connectivity index (χ3n) is 3.37. The highest BCUT2D eigenvalue weighted by atomic mass is 16.5. The van der Waals surface area contributed by atoms with E-state index in [2.05, 4.69) is 25.3 Å². The van der Waals surface area contributed by atoms with Crippen LogP contribution in [0.4, 0.5) is 5.95 Å². The molecular formula is C14H21N7O3. The Hall–Kier alpha value is -2.78. The maximum atomic E-state index is 11.9. The molecule has 0 aromatic carbocycles. The quantitative estimate of drug-likeness (QED) is 0.678. The maximum absolute atomic E-state index is 11.9.